The standard InChI is InChI=1S/C10H11BrN2O6S/c1-19-9(14)3-8(10(15)16)13-20(17,18)7-2-6(11)4-12-5-7/h2,4-5,8,13H,3H2,1H3,(H,15,16)/t8-/m0/s1. The first-order valence-corrected chi connectivity index (χ1v) is 7.46. The molecular formula is C10H11BrN2O6S. The number of halogens is 1. The van der Waals surface area contributed by atoms with Gasteiger partial charge < -0.3 is 9.84 Å². The predicted octanol–water partition coefficient (Wildman–Crippen LogP) is 0.139. The van der Waals surface area contributed by atoms with Gasteiger partial charge in [0.1, 0.15) is 10.9 Å². The molecule has 0 aliphatic heterocycles. The molecule has 0 fully saturated rings. The molecule has 0 radical (unpaired) electrons. The number of carboxylic acid groups (broad SMARTS) is 1. The van der Waals surface area contributed by atoms with Crippen molar-refractivity contribution in [2.24, 2.45) is 0 Å². The van der Waals surface area contributed by atoms with E-state index < -0.39 is 34.4 Å². The molecule has 1 aromatic heterocycles. The van der Waals surface area contributed by atoms with E-state index in [1.165, 1.54) is 12.3 Å². The molecular weight excluding hydrogens is 356 g/mol. The minimum absolute atomic E-state index is 0.219. The Morgan fingerprint density at radius 1 is 1.50 bits per heavy atom. The lowest BCUT2D eigenvalue weighted by molar-refractivity contribution is -0.147. The predicted molar refractivity (Wildman–Crippen MR) is 70.3 cm³/mol. The fourth-order valence-corrected chi connectivity index (χ4v) is 2.92. The number of rotatable bonds is 6. The molecule has 0 aromatic carbocycles. The van der Waals surface area contributed by atoms with Gasteiger partial charge in [-0.05, 0) is 22.0 Å². The molecule has 8 nitrogen and oxygen atoms in total. The van der Waals surface area contributed by atoms with Crippen molar-refractivity contribution in [3.05, 3.63) is 22.9 Å². The number of hydrogen-bond acceptors (Lipinski definition) is 6. The molecule has 2 N–H and O–H groups in total. The van der Waals surface area contributed by atoms with Crippen LogP contribution in [0.4, 0.5) is 0 Å². The quantitative estimate of drug-likeness (QED) is 0.686. The Bertz CT molecular complexity index is 618. The molecule has 0 saturated carbocycles. The van der Waals surface area contributed by atoms with Crippen molar-refractivity contribution in [1.29, 1.82) is 0 Å². The zero-order chi connectivity index (χ0) is 15.3. The van der Waals surface area contributed by atoms with Crippen molar-refractivity contribution in [2.75, 3.05) is 7.11 Å². The van der Waals surface area contributed by atoms with E-state index >= 15 is 0 Å². The van der Waals surface area contributed by atoms with Crippen LogP contribution < -0.4 is 4.72 Å². The van der Waals surface area contributed by atoms with Crippen LogP contribution in [0.15, 0.2) is 27.8 Å². The number of carbonyl (C=O) groups excluding carboxylic acids is 1. The number of nitrogens with zero attached hydrogens (tertiary/aromatic N) is 1. The lowest BCUT2D eigenvalue weighted by Gasteiger charge is -2.13. The summed E-state index contributed by atoms with van der Waals surface area (Å²) in [6, 6.07) is -0.363. The van der Waals surface area contributed by atoms with Crippen molar-refractivity contribution in [1.82, 2.24) is 9.71 Å². The van der Waals surface area contributed by atoms with Gasteiger partial charge in [0.25, 0.3) is 0 Å². The molecule has 1 atom stereocenters. The monoisotopic (exact) mass is 366 g/mol. The van der Waals surface area contributed by atoms with E-state index in [4.69, 9.17) is 5.11 Å². The first kappa shape index (κ1) is 16.5. The van der Waals surface area contributed by atoms with Crippen LogP contribution in [-0.4, -0.2) is 43.6 Å². The van der Waals surface area contributed by atoms with Crippen LogP contribution in [0.5, 0.6) is 0 Å². The number of aliphatic carboxylic acids is 1. The normalized spacial score (nSPS) is 12.7. The Morgan fingerprint density at radius 3 is 2.65 bits per heavy atom. The second-order valence-electron chi connectivity index (χ2n) is 3.63. The van der Waals surface area contributed by atoms with Crippen molar-refractivity contribution in [2.45, 2.75) is 17.4 Å². The Kier molecular flexibility index (Phi) is 5.60. The summed E-state index contributed by atoms with van der Waals surface area (Å²) in [5, 5.41) is 8.92. The maximum Gasteiger partial charge on any atom is 0.322 e. The third-order valence-electron chi connectivity index (χ3n) is 2.18. The van der Waals surface area contributed by atoms with Gasteiger partial charge in [-0.3, -0.25) is 14.6 Å². The van der Waals surface area contributed by atoms with E-state index in [9.17, 15) is 18.0 Å². The largest absolute Gasteiger partial charge is 0.480 e. The summed E-state index contributed by atoms with van der Waals surface area (Å²) in [7, 11) is -3.03. The summed E-state index contributed by atoms with van der Waals surface area (Å²) in [5.41, 5.74) is 0. The lowest BCUT2D eigenvalue weighted by atomic mass is 10.2. The van der Waals surface area contributed by atoms with Crippen molar-refractivity contribution >= 4 is 37.9 Å². The maximum absolute atomic E-state index is 12.0. The summed E-state index contributed by atoms with van der Waals surface area (Å²) in [6.07, 6.45) is 1.82. The minimum Gasteiger partial charge on any atom is -0.480 e. The number of carbonyl (C=O) groups is 2. The molecule has 0 unspecified atom stereocenters. The number of ether oxygens (including phenoxy) is 1. The highest BCUT2D eigenvalue weighted by Crippen LogP contribution is 2.15. The first-order chi connectivity index (χ1) is 9.26. The second-order valence-corrected chi connectivity index (χ2v) is 6.26. The van der Waals surface area contributed by atoms with Crippen molar-refractivity contribution in [3.8, 4) is 0 Å². The lowest BCUT2D eigenvalue weighted by Crippen LogP contribution is -2.42. The highest BCUT2D eigenvalue weighted by atomic mass is 79.9. The number of nitrogens with one attached hydrogen (secondary N) is 1. The second kappa shape index (κ2) is 6.77. The van der Waals surface area contributed by atoms with Gasteiger partial charge in [0.2, 0.25) is 10.0 Å². The van der Waals surface area contributed by atoms with E-state index in [2.05, 4.69) is 25.7 Å². The van der Waals surface area contributed by atoms with Gasteiger partial charge in [-0.2, -0.15) is 4.72 Å². The molecule has 110 valence electrons. The summed E-state index contributed by atoms with van der Waals surface area (Å²) >= 11 is 3.06. The third kappa shape index (κ3) is 4.54. The van der Waals surface area contributed by atoms with Gasteiger partial charge in [-0.25, -0.2) is 8.42 Å². The Hall–Kier alpha value is -1.52. The smallest absolute Gasteiger partial charge is 0.322 e. The van der Waals surface area contributed by atoms with Gasteiger partial charge in [0, 0.05) is 16.9 Å². The van der Waals surface area contributed by atoms with Crippen molar-refractivity contribution in [3.63, 3.8) is 0 Å². The number of carboxylic acids is 1. The Balaban J connectivity index is 2.97. The highest BCUT2D eigenvalue weighted by molar-refractivity contribution is 9.10. The molecule has 0 amide bonds. The van der Waals surface area contributed by atoms with E-state index in [0.717, 1.165) is 13.3 Å². The van der Waals surface area contributed by atoms with Gasteiger partial charge >= 0.3 is 11.9 Å². The molecule has 10 heteroatoms. The number of aromatic nitrogens is 1. The molecule has 20 heavy (non-hydrogen) atoms. The van der Waals surface area contributed by atoms with Gasteiger partial charge in [0.15, 0.2) is 0 Å². The molecule has 1 rings (SSSR count). The first-order valence-electron chi connectivity index (χ1n) is 5.19. The molecule has 0 aliphatic carbocycles. The molecule has 1 heterocycles. The number of pyridine rings is 1. The summed E-state index contributed by atoms with van der Waals surface area (Å²) in [6.45, 7) is 0. The molecule has 0 bridgehead atoms. The van der Waals surface area contributed by atoms with Crippen LogP contribution in [0.2, 0.25) is 0 Å². The highest BCUT2D eigenvalue weighted by Gasteiger charge is 2.28. The van der Waals surface area contributed by atoms with Crippen LogP contribution >= 0.6 is 15.9 Å². The van der Waals surface area contributed by atoms with E-state index in [-0.39, 0.29) is 4.90 Å². The summed E-state index contributed by atoms with van der Waals surface area (Å²) < 4.78 is 30.6. The molecule has 0 spiro atoms. The Labute approximate surface area is 123 Å². The van der Waals surface area contributed by atoms with Gasteiger partial charge in [0.05, 0.1) is 13.5 Å². The number of hydrogen-bond donors (Lipinski definition) is 2. The fourth-order valence-electron chi connectivity index (χ4n) is 1.22. The van der Waals surface area contributed by atoms with Crippen LogP contribution in [0.1, 0.15) is 6.42 Å². The zero-order valence-electron chi connectivity index (χ0n) is 10.2. The van der Waals surface area contributed by atoms with E-state index in [0.29, 0.717) is 4.47 Å². The topological polar surface area (TPSA) is 123 Å². The van der Waals surface area contributed by atoms with E-state index in [1.54, 1.807) is 0 Å². The molecule has 1 aromatic rings. The van der Waals surface area contributed by atoms with Crippen molar-refractivity contribution < 1.29 is 27.9 Å². The Morgan fingerprint density at radius 2 is 2.15 bits per heavy atom. The number of methoxy groups -OCH3 is 1. The molecule has 0 saturated heterocycles. The van der Waals surface area contributed by atoms with Gasteiger partial charge in [-0.15, -0.1) is 0 Å². The van der Waals surface area contributed by atoms with Gasteiger partial charge in [-0.1, -0.05) is 0 Å². The van der Waals surface area contributed by atoms with Crippen LogP contribution in [0, 0.1) is 0 Å². The van der Waals surface area contributed by atoms with Crippen LogP contribution in [0.25, 0.3) is 0 Å². The number of sulfonamides is 1. The zero-order valence-corrected chi connectivity index (χ0v) is 12.6. The summed E-state index contributed by atoms with van der Waals surface area (Å²) in [5.74, 6) is -2.32. The average Bonchev–Trinajstić information content (AvgIpc) is 2.37. The third-order valence-corrected chi connectivity index (χ3v) is 4.06. The summed E-state index contributed by atoms with van der Waals surface area (Å²) in [4.78, 5) is 25.5. The minimum atomic E-state index is -4.11. The average molecular weight is 367 g/mol. The fraction of sp³-hybridized carbons (Fsp3) is 0.300. The SMILES string of the molecule is COC(=O)C[C@H](NS(=O)(=O)c1cncc(Br)c1)C(=O)O. The van der Waals surface area contributed by atoms with Crippen LogP contribution in [0.3, 0.4) is 0 Å². The van der Waals surface area contributed by atoms with Crippen LogP contribution in [-0.2, 0) is 24.3 Å². The molecule has 0 aliphatic rings. The number of esters is 1. The maximum atomic E-state index is 12.0. The van der Waals surface area contributed by atoms with E-state index in [1.807, 2.05) is 4.72 Å².